The first-order chi connectivity index (χ1) is 9.76. The van der Waals surface area contributed by atoms with Gasteiger partial charge in [0.2, 0.25) is 0 Å². The second kappa shape index (κ2) is 7.19. The minimum absolute atomic E-state index is 0.203. The van der Waals surface area contributed by atoms with Crippen LogP contribution in [0.4, 0.5) is 5.82 Å². The molecule has 0 saturated carbocycles. The molecule has 1 saturated heterocycles. The topological polar surface area (TPSA) is 70.2 Å². The van der Waals surface area contributed by atoms with Crippen LogP contribution in [0.25, 0.3) is 0 Å². The van der Waals surface area contributed by atoms with Gasteiger partial charge in [0.25, 0.3) is 5.91 Å². The van der Waals surface area contributed by atoms with E-state index in [0.717, 1.165) is 31.9 Å². The molecule has 0 aliphatic carbocycles. The lowest BCUT2D eigenvalue weighted by molar-refractivity contribution is 0.0957. The third kappa shape index (κ3) is 3.45. The Kier molecular flexibility index (Phi) is 5.29. The Labute approximate surface area is 120 Å². The minimum Gasteiger partial charge on any atom is -0.354 e. The summed E-state index contributed by atoms with van der Waals surface area (Å²) in [5, 5.41) is 14.2. The lowest BCUT2D eigenvalue weighted by Gasteiger charge is -2.35. The molecule has 0 spiro atoms. The number of hydrogen-bond acceptors (Lipinski definition) is 5. The highest BCUT2D eigenvalue weighted by Gasteiger charge is 2.22. The van der Waals surface area contributed by atoms with Gasteiger partial charge in [0, 0.05) is 26.2 Å². The molecule has 1 unspecified atom stereocenters. The number of nitrogens with one attached hydrogen (secondary N) is 2. The van der Waals surface area contributed by atoms with E-state index in [-0.39, 0.29) is 5.91 Å². The number of hydrogen-bond donors (Lipinski definition) is 2. The predicted molar refractivity (Wildman–Crippen MR) is 79.0 cm³/mol. The van der Waals surface area contributed by atoms with E-state index in [9.17, 15) is 4.79 Å². The Morgan fingerprint density at radius 1 is 1.50 bits per heavy atom. The van der Waals surface area contributed by atoms with Crippen LogP contribution >= 0.6 is 0 Å². The molecule has 1 fully saturated rings. The molecule has 1 atom stereocenters. The molecule has 0 aromatic carbocycles. The standard InChI is InChI=1S/C14H23N5O/c1-3-9-19(11-5-4-8-16-10-11)13-7-6-12(17-18-13)14(20)15-2/h6-7,11,16H,3-5,8-10H2,1-2H3,(H,15,20). The summed E-state index contributed by atoms with van der Waals surface area (Å²) in [5.41, 5.74) is 0.356. The van der Waals surface area contributed by atoms with E-state index in [4.69, 9.17) is 0 Å². The van der Waals surface area contributed by atoms with Crippen LogP contribution in [0.2, 0.25) is 0 Å². The Balaban J connectivity index is 2.13. The molecule has 1 amide bonds. The SMILES string of the molecule is CCCN(c1ccc(C(=O)NC)nn1)C1CCCNC1. The van der Waals surface area contributed by atoms with Gasteiger partial charge in [-0.3, -0.25) is 4.79 Å². The maximum absolute atomic E-state index is 11.5. The molecule has 1 aliphatic heterocycles. The van der Waals surface area contributed by atoms with Crippen molar-refractivity contribution in [1.82, 2.24) is 20.8 Å². The van der Waals surface area contributed by atoms with Crippen LogP contribution in [-0.4, -0.2) is 48.8 Å². The zero-order chi connectivity index (χ0) is 14.4. The van der Waals surface area contributed by atoms with Gasteiger partial charge in [-0.2, -0.15) is 0 Å². The van der Waals surface area contributed by atoms with Gasteiger partial charge in [0.15, 0.2) is 11.5 Å². The van der Waals surface area contributed by atoms with Crippen molar-refractivity contribution in [2.45, 2.75) is 32.2 Å². The molecule has 110 valence electrons. The van der Waals surface area contributed by atoms with Crippen molar-refractivity contribution < 1.29 is 4.79 Å². The van der Waals surface area contributed by atoms with Crippen LogP contribution in [0.15, 0.2) is 12.1 Å². The average molecular weight is 277 g/mol. The summed E-state index contributed by atoms with van der Waals surface area (Å²) in [6.45, 7) is 5.20. The number of rotatable bonds is 5. The smallest absolute Gasteiger partial charge is 0.271 e. The number of nitrogens with zero attached hydrogens (tertiary/aromatic N) is 3. The fraction of sp³-hybridized carbons (Fsp3) is 0.643. The monoisotopic (exact) mass is 277 g/mol. The van der Waals surface area contributed by atoms with E-state index in [1.807, 2.05) is 6.07 Å². The van der Waals surface area contributed by atoms with E-state index >= 15 is 0 Å². The Hall–Kier alpha value is -1.69. The molecule has 20 heavy (non-hydrogen) atoms. The number of carbonyl (C=O) groups is 1. The first-order valence-electron chi connectivity index (χ1n) is 7.29. The molecule has 1 aliphatic rings. The highest BCUT2D eigenvalue weighted by atomic mass is 16.1. The van der Waals surface area contributed by atoms with Crippen LogP contribution in [0.3, 0.4) is 0 Å². The van der Waals surface area contributed by atoms with Crippen LogP contribution in [0, 0.1) is 0 Å². The van der Waals surface area contributed by atoms with Gasteiger partial charge in [-0.05, 0) is 37.9 Å². The maximum atomic E-state index is 11.5. The van der Waals surface area contributed by atoms with Crippen LogP contribution < -0.4 is 15.5 Å². The van der Waals surface area contributed by atoms with Crippen molar-refractivity contribution in [1.29, 1.82) is 0 Å². The third-order valence-corrected chi connectivity index (χ3v) is 3.58. The molecular formula is C14H23N5O. The maximum Gasteiger partial charge on any atom is 0.271 e. The Bertz CT molecular complexity index is 428. The quantitative estimate of drug-likeness (QED) is 0.833. The molecule has 2 N–H and O–H groups in total. The zero-order valence-electron chi connectivity index (χ0n) is 12.2. The van der Waals surface area contributed by atoms with Crippen molar-refractivity contribution >= 4 is 11.7 Å². The van der Waals surface area contributed by atoms with Gasteiger partial charge >= 0.3 is 0 Å². The van der Waals surface area contributed by atoms with Gasteiger partial charge in [-0.15, -0.1) is 10.2 Å². The number of carbonyl (C=O) groups excluding carboxylic acids is 1. The second-order valence-electron chi connectivity index (χ2n) is 5.05. The molecule has 0 radical (unpaired) electrons. The summed E-state index contributed by atoms with van der Waals surface area (Å²) in [6.07, 6.45) is 3.43. The van der Waals surface area contributed by atoms with Gasteiger partial charge in [0.1, 0.15) is 0 Å². The van der Waals surface area contributed by atoms with Crippen LogP contribution in [0.1, 0.15) is 36.7 Å². The van der Waals surface area contributed by atoms with Crippen molar-refractivity contribution in [2.75, 3.05) is 31.6 Å². The lowest BCUT2D eigenvalue weighted by atomic mass is 10.1. The van der Waals surface area contributed by atoms with E-state index in [0.29, 0.717) is 11.7 Å². The normalized spacial score (nSPS) is 18.6. The largest absolute Gasteiger partial charge is 0.354 e. The molecular weight excluding hydrogens is 254 g/mol. The van der Waals surface area contributed by atoms with E-state index in [1.54, 1.807) is 13.1 Å². The molecule has 1 aromatic heterocycles. The summed E-state index contributed by atoms with van der Waals surface area (Å²) in [4.78, 5) is 13.8. The number of anilines is 1. The number of amides is 1. The van der Waals surface area contributed by atoms with E-state index < -0.39 is 0 Å². The predicted octanol–water partition coefficient (Wildman–Crippen LogP) is 0.805. The Morgan fingerprint density at radius 2 is 2.35 bits per heavy atom. The molecule has 6 nitrogen and oxygen atoms in total. The van der Waals surface area contributed by atoms with Crippen LogP contribution in [0.5, 0.6) is 0 Å². The number of piperidine rings is 1. The zero-order valence-corrected chi connectivity index (χ0v) is 12.2. The van der Waals surface area contributed by atoms with Gasteiger partial charge in [-0.25, -0.2) is 0 Å². The van der Waals surface area contributed by atoms with E-state index in [1.165, 1.54) is 12.8 Å². The van der Waals surface area contributed by atoms with Gasteiger partial charge in [-0.1, -0.05) is 6.92 Å². The molecule has 0 bridgehead atoms. The number of aromatic nitrogens is 2. The van der Waals surface area contributed by atoms with Crippen molar-refractivity contribution in [3.8, 4) is 0 Å². The first-order valence-corrected chi connectivity index (χ1v) is 7.29. The second-order valence-corrected chi connectivity index (χ2v) is 5.05. The summed E-state index contributed by atoms with van der Waals surface area (Å²) in [5.74, 6) is 0.652. The van der Waals surface area contributed by atoms with Gasteiger partial charge < -0.3 is 15.5 Å². The molecule has 1 aromatic rings. The summed E-state index contributed by atoms with van der Waals surface area (Å²) in [6, 6.07) is 4.09. The summed E-state index contributed by atoms with van der Waals surface area (Å²) < 4.78 is 0. The Morgan fingerprint density at radius 3 is 2.90 bits per heavy atom. The molecule has 6 heteroatoms. The highest BCUT2D eigenvalue weighted by Crippen LogP contribution is 2.18. The fourth-order valence-electron chi connectivity index (χ4n) is 2.55. The van der Waals surface area contributed by atoms with Crippen molar-refractivity contribution in [3.05, 3.63) is 17.8 Å². The van der Waals surface area contributed by atoms with Crippen molar-refractivity contribution in [2.24, 2.45) is 0 Å². The summed E-state index contributed by atoms with van der Waals surface area (Å²) >= 11 is 0. The van der Waals surface area contributed by atoms with E-state index in [2.05, 4.69) is 32.7 Å². The highest BCUT2D eigenvalue weighted by molar-refractivity contribution is 5.91. The van der Waals surface area contributed by atoms with Crippen molar-refractivity contribution in [3.63, 3.8) is 0 Å². The van der Waals surface area contributed by atoms with Crippen LogP contribution in [-0.2, 0) is 0 Å². The summed E-state index contributed by atoms with van der Waals surface area (Å²) in [7, 11) is 1.59. The third-order valence-electron chi connectivity index (χ3n) is 3.58. The minimum atomic E-state index is -0.203. The molecule has 2 rings (SSSR count). The van der Waals surface area contributed by atoms with Gasteiger partial charge in [0.05, 0.1) is 0 Å². The lowest BCUT2D eigenvalue weighted by Crippen LogP contribution is -2.47. The fourth-order valence-corrected chi connectivity index (χ4v) is 2.55. The average Bonchev–Trinajstić information content (AvgIpc) is 2.53. The first kappa shape index (κ1) is 14.7. The molecule has 2 heterocycles.